The summed E-state index contributed by atoms with van der Waals surface area (Å²) in [5.41, 5.74) is 1.72. The van der Waals surface area contributed by atoms with Crippen LogP contribution in [0.1, 0.15) is 21.8 Å². The number of hydrogen-bond acceptors (Lipinski definition) is 4. The predicted molar refractivity (Wildman–Crippen MR) is 82.3 cm³/mol. The molecule has 8 heteroatoms. The van der Waals surface area contributed by atoms with Crippen molar-refractivity contribution >= 4 is 5.91 Å². The molecular weight excluding hydrogens is 335 g/mol. The van der Waals surface area contributed by atoms with Gasteiger partial charge in [-0.1, -0.05) is 47.6 Å². The van der Waals surface area contributed by atoms with Gasteiger partial charge in [0.15, 0.2) is 0 Å². The number of nitrogens with zero attached hydrogens (tertiary/aromatic N) is 2. The number of carbonyl (C=O) groups excluding carboxylic acids is 1. The van der Waals surface area contributed by atoms with Crippen LogP contribution in [0.2, 0.25) is 0 Å². The molecule has 0 spiro atoms. The van der Waals surface area contributed by atoms with E-state index in [1.807, 2.05) is 6.07 Å². The Labute approximate surface area is 140 Å². The molecule has 0 bridgehead atoms. The van der Waals surface area contributed by atoms with E-state index in [0.29, 0.717) is 11.1 Å². The zero-order valence-electron chi connectivity index (χ0n) is 12.7. The highest BCUT2D eigenvalue weighted by molar-refractivity contribution is 5.94. The third-order valence-corrected chi connectivity index (χ3v) is 3.37. The van der Waals surface area contributed by atoms with Crippen molar-refractivity contribution in [1.82, 2.24) is 15.5 Å². The Morgan fingerprint density at radius 3 is 2.32 bits per heavy atom. The summed E-state index contributed by atoms with van der Waals surface area (Å²) >= 11 is 0. The number of benzene rings is 2. The van der Waals surface area contributed by atoms with E-state index in [2.05, 4.69) is 20.0 Å². The second-order valence-corrected chi connectivity index (χ2v) is 5.17. The second kappa shape index (κ2) is 6.76. The Morgan fingerprint density at radius 2 is 1.72 bits per heavy atom. The van der Waals surface area contributed by atoms with Crippen LogP contribution in [-0.4, -0.2) is 16.0 Å². The fourth-order valence-corrected chi connectivity index (χ4v) is 2.10. The minimum Gasteiger partial charge on any atom is -0.348 e. The van der Waals surface area contributed by atoms with Crippen LogP contribution >= 0.6 is 0 Å². The third-order valence-electron chi connectivity index (χ3n) is 3.37. The molecule has 3 rings (SSSR count). The van der Waals surface area contributed by atoms with Crippen LogP contribution in [0.5, 0.6) is 0 Å². The Hall–Kier alpha value is -3.16. The number of aromatic nitrogens is 2. The smallest absolute Gasteiger partial charge is 0.348 e. The third kappa shape index (κ3) is 4.03. The van der Waals surface area contributed by atoms with E-state index in [1.165, 1.54) is 0 Å². The van der Waals surface area contributed by atoms with E-state index in [9.17, 15) is 18.0 Å². The summed E-state index contributed by atoms with van der Waals surface area (Å²) in [6.45, 7) is 0.286. The lowest BCUT2D eigenvalue weighted by molar-refractivity contribution is -0.159. The molecule has 0 radical (unpaired) electrons. The monoisotopic (exact) mass is 347 g/mol. The van der Waals surface area contributed by atoms with Gasteiger partial charge in [-0.2, -0.15) is 18.2 Å². The molecule has 1 heterocycles. The van der Waals surface area contributed by atoms with Crippen LogP contribution in [-0.2, 0) is 12.7 Å². The van der Waals surface area contributed by atoms with Crippen LogP contribution in [0, 0.1) is 0 Å². The molecule has 0 unspecified atom stereocenters. The fraction of sp³-hybridized carbons (Fsp3) is 0.118. The molecule has 0 aliphatic carbocycles. The van der Waals surface area contributed by atoms with E-state index < -0.39 is 12.1 Å². The molecule has 0 atom stereocenters. The lowest BCUT2D eigenvalue weighted by atomic mass is 10.1. The van der Waals surface area contributed by atoms with Crippen LogP contribution in [0.15, 0.2) is 59.1 Å². The van der Waals surface area contributed by atoms with Gasteiger partial charge in [0.25, 0.3) is 5.91 Å². The number of halogens is 3. The van der Waals surface area contributed by atoms with Gasteiger partial charge in [0, 0.05) is 17.7 Å². The molecule has 0 saturated carbocycles. The number of carbonyl (C=O) groups is 1. The van der Waals surface area contributed by atoms with Crippen molar-refractivity contribution in [2.45, 2.75) is 12.7 Å². The first kappa shape index (κ1) is 16.7. The van der Waals surface area contributed by atoms with Crippen LogP contribution in [0.25, 0.3) is 11.4 Å². The predicted octanol–water partition coefficient (Wildman–Crippen LogP) is 3.69. The van der Waals surface area contributed by atoms with Crippen molar-refractivity contribution in [3.8, 4) is 11.4 Å². The molecule has 3 aromatic rings. The summed E-state index contributed by atoms with van der Waals surface area (Å²) in [4.78, 5) is 15.3. The van der Waals surface area contributed by atoms with Crippen molar-refractivity contribution in [3.05, 3.63) is 71.6 Å². The van der Waals surface area contributed by atoms with Gasteiger partial charge in [0.1, 0.15) is 0 Å². The average molecular weight is 347 g/mol. The highest BCUT2D eigenvalue weighted by Crippen LogP contribution is 2.29. The summed E-state index contributed by atoms with van der Waals surface area (Å²) in [7, 11) is 0. The van der Waals surface area contributed by atoms with Crippen molar-refractivity contribution in [2.75, 3.05) is 0 Å². The molecule has 1 N–H and O–H groups in total. The first-order valence-corrected chi connectivity index (χ1v) is 7.27. The summed E-state index contributed by atoms with van der Waals surface area (Å²) in [5.74, 6) is -1.74. The lowest BCUT2D eigenvalue weighted by Crippen LogP contribution is -2.22. The number of hydrogen-bond donors (Lipinski definition) is 1. The molecule has 2 aromatic carbocycles. The average Bonchev–Trinajstić information content (AvgIpc) is 3.11. The normalized spacial score (nSPS) is 11.3. The van der Waals surface area contributed by atoms with Crippen LogP contribution in [0.4, 0.5) is 13.2 Å². The molecule has 1 amide bonds. The first-order valence-electron chi connectivity index (χ1n) is 7.27. The van der Waals surface area contributed by atoms with E-state index >= 15 is 0 Å². The maximum Gasteiger partial charge on any atom is 0.471 e. The molecule has 0 saturated heterocycles. The minimum atomic E-state index is -4.67. The van der Waals surface area contributed by atoms with Gasteiger partial charge in [-0.3, -0.25) is 4.79 Å². The van der Waals surface area contributed by atoms with Crippen molar-refractivity contribution in [1.29, 1.82) is 0 Å². The quantitative estimate of drug-likeness (QED) is 0.782. The second-order valence-electron chi connectivity index (χ2n) is 5.17. The van der Waals surface area contributed by atoms with E-state index in [0.717, 1.165) is 5.56 Å². The van der Waals surface area contributed by atoms with Gasteiger partial charge in [-0.25, -0.2) is 0 Å². The molecule has 5 nitrogen and oxygen atoms in total. The molecule has 0 aliphatic rings. The minimum absolute atomic E-state index is 0.146. The Morgan fingerprint density at radius 1 is 1.04 bits per heavy atom. The highest BCUT2D eigenvalue weighted by Gasteiger charge is 2.38. The summed E-state index contributed by atoms with van der Waals surface area (Å²) < 4.78 is 41.6. The zero-order valence-corrected chi connectivity index (χ0v) is 12.7. The van der Waals surface area contributed by atoms with E-state index in [4.69, 9.17) is 0 Å². The molecule has 0 aliphatic heterocycles. The van der Waals surface area contributed by atoms with Gasteiger partial charge < -0.3 is 9.84 Å². The highest BCUT2D eigenvalue weighted by atomic mass is 19.4. The number of rotatable bonds is 4. The molecule has 1 aromatic heterocycles. The number of amides is 1. The molecule has 0 fully saturated rings. The summed E-state index contributed by atoms with van der Waals surface area (Å²) in [6.07, 6.45) is -4.67. The first-order chi connectivity index (χ1) is 11.9. The standard InChI is InChI=1S/C17H12F3N3O2/c18-17(19,20)16-22-14(23-25-16)12-8-6-11(7-9-12)10-21-15(24)13-4-2-1-3-5-13/h1-9H,10H2,(H,21,24). The molecule has 128 valence electrons. The molecular formula is C17H12F3N3O2. The number of alkyl halides is 3. The fourth-order valence-electron chi connectivity index (χ4n) is 2.10. The number of nitrogens with one attached hydrogen (secondary N) is 1. The van der Waals surface area contributed by atoms with Gasteiger partial charge in [0.05, 0.1) is 0 Å². The van der Waals surface area contributed by atoms with Gasteiger partial charge in [0.2, 0.25) is 5.82 Å². The molecule has 25 heavy (non-hydrogen) atoms. The van der Waals surface area contributed by atoms with E-state index in [-0.39, 0.29) is 18.3 Å². The van der Waals surface area contributed by atoms with Crippen LogP contribution < -0.4 is 5.32 Å². The van der Waals surface area contributed by atoms with Gasteiger partial charge >= 0.3 is 12.1 Å². The van der Waals surface area contributed by atoms with Gasteiger partial charge in [-0.05, 0) is 17.7 Å². The lowest BCUT2D eigenvalue weighted by Gasteiger charge is -2.05. The topological polar surface area (TPSA) is 68.0 Å². The maximum atomic E-state index is 12.5. The van der Waals surface area contributed by atoms with Crippen molar-refractivity contribution in [3.63, 3.8) is 0 Å². The Balaban J connectivity index is 1.64. The summed E-state index contributed by atoms with van der Waals surface area (Å²) in [5, 5.41) is 6.08. The van der Waals surface area contributed by atoms with Gasteiger partial charge in [-0.15, -0.1) is 0 Å². The van der Waals surface area contributed by atoms with Crippen molar-refractivity contribution in [2.24, 2.45) is 0 Å². The maximum absolute atomic E-state index is 12.5. The zero-order chi connectivity index (χ0) is 17.9. The Kier molecular flexibility index (Phi) is 4.51. The largest absolute Gasteiger partial charge is 0.471 e. The Bertz CT molecular complexity index is 859. The van der Waals surface area contributed by atoms with E-state index in [1.54, 1.807) is 48.5 Å². The van der Waals surface area contributed by atoms with Crippen molar-refractivity contribution < 1.29 is 22.5 Å². The SMILES string of the molecule is O=C(NCc1ccc(-c2noc(C(F)(F)F)n2)cc1)c1ccccc1. The summed E-state index contributed by atoms with van der Waals surface area (Å²) in [6, 6.07) is 15.2. The van der Waals surface area contributed by atoms with Crippen LogP contribution in [0.3, 0.4) is 0 Å².